The van der Waals surface area contributed by atoms with E-state index in [1.165, 1.54) is 6.33 Å². The highest BCUT2D eigenvalue weighted by atomic mass is 16.5. The molecule has 0 spiro atoms. The van der Waals surface area contributed by atoms with E-state index in [2.05, 4.69) is 30.2 Å². The average molecular weight is 500 g/mol. The number of rotatable bonds is 5. The standard InChI is InChI=1S/C27H29N7O3/c1-17-30-23-6-4-21(14-24(23)31-17)37-26-15-25(28-16-29-26)33-10-8-19(9-11-33)34-12-7-18-13-20(36-2)3-5-22(18)32-27(34)35/h3-6,13-16,19H,7-12H2,1-2H3,(H,30,31)(H,32,35). The lowest BCUT2D eigenvalue weighted by Crippen LogP contribution is -2.49. The zero-order chi connectivity index (χ0) is 25.4. The van der Waals surface area contributed by atoms with Crippen LogP contribution in [-0.2, 0) is 6.42 Å². The van der Waals surface area contributed by atoms with Gasteiger partial charge in [0.05, 0.1) is 18.1 Å². The molecule has 0 aliphatic carbocycles. The number of aromatic nitrogens is 4. The molecule has 0 bridgehead atoms. The number of hydrogen-bond acceptors (Lipinski definition) is 7. The maximum absolute atomic E-state index is 13.0. The zero-order valence-electron chi connectivity index (χ0n) is 20.9. The molecule has 2 aliphatic heterocycles. The summed E-state index contributed by atoms with van der Waals surface area (Å²) < 4.78 is 11.4. The monoisotopic (exact) mass is 499 g/mol. The summed E-state index contributed by atoms with van der Waals surface area (Å²) in [6.07, 6.45) is 4.05. The van der Waals surface area contributed by atoms with Crippen LogP contribution in [0.4, 0.5) is 16.3 Å². The summed E-state index contributed by atoms with van der Waals surface area (Å²) in [4.78, 5) is 33.7. The topological polar surface area (TPSA) is 108 Å². The number of carbonyl (C=O) groups excluding carboxylic acids is 1. The van der Waals surface area contributed by atoms with Crippen LogP contribution in [0.2, 0.25) is 0 Å². The number of nitrogens with zero attached hydrogens (tertiary/aromatic N) is 5. The molecule has 0 radical (unpaired) electrons. The first-order valence-electron chi connectivity index (χ1n) is 12.5. The molecule has 2 aliphatic rings. The van der Waals surface area contributed by atoms with Crippen LogP contribution < -0.4 is 19.7 Å². The normalized spacial score (nSPS) is 16.3. The molecule has 2 aromatic heterocycles. The number of H-pyrrole nitrogens is 1. The van der Waals surface area contributed by atoms with Gasteiger partial charge in [-0.3, -0.25) is 0 Å². The number of imidazole rings is 1. The molecule has 4 heterocycles. The van der Waals surface area contributed by atoms with Crippen LogP contribution in [0.25, 0.3) is 11.0 Å². The van der Waals surface area contributed by atoms with Gasteiger partial charge in [-0.2, -0.15) is 0 Å². The summed E-state index contributed by atoms with van der Waals surface area (Å²) in [5.41, 5.74) is 3.78. The van der Waals surface area contributed by atoms with Crippen molar-refractivity contribution in [3.05, 3.63) is 60.2 Å². The second-order valence-corrected chi connectivity index (χ2v) is 9.43. The van der Waals surface area contributed by atoms with E-state index in [0.717, 1.165) is 72.0 Å². The number of aryl methyl sites for hydroxylation is 1. The number of urea groups is 1. The van der Waals surface area contributed by atoms with E-state index >= 15 is 0 Å². The van der Waals surface area contributed by atoms with Gasteiger partial charge in [0, 0.05) is 43.5 Å². The number of nitrogens with one attached hydrogen (secondary N) is 2. The number of anilines is 2. The van der Waals surface area contributed by atoms with Gasteiger partial charge in [-0.15, -0.1) is 0 Å². The predicted molar refractivity (Wildman–Crippen MR) is 141 cm³/mol. The van der Waals surface area contributed by atoms with E-state index in [1.807, 2.05) is 54.3 Å². The van der Waals surface area contributed by atoms with E-state index in [1.54, 1.807) is 7.11 Å². The fraction of sp³-hybridized carbons (Fsp3) is 0.333. The molecule has 0 unspecified atom stereocenters. The molecular formula is C27H29N7O3. The Bertz CT molecular complexity index is 1450. The van der Waals surface area contributed by atoms with Crippen molar-refractivity contribution < 1.29 is 14.3 Å². The van der Waals surface area contributed by atoms with Gasteiger partial charge in [0.2, 0.25) is 5.88 Å². The zero-order valence-corrected chi connectivity index (χ0v) is 20.9. The van der Waals surface area contributed by atoms with Crippen molar-refractivity contribution in [2.24, 2.45) is 0 Å². The van der Waals surface area contributed by atoms with Gasteiger partial charge in [-0.05, 0) is 62.1 Å². The maximum atomic E-state index is 13.0. The number of piperidine rings is 1. The molecule has 2 amide bonds. The molecule has 10 heteroatoms. The first kappa shape index (κ1) is 23.1. The Morgan fingerprint density at radius 1 is 1.00 bits per heavy atom. The van der Waals surface area contributed by atoms with Crippen LogP contribution in [0.1, 0.15) is 24.2 Å². The number of carbonyl (C=O) groups is 1. The van der Waals surface area contributed by atoms with Crippen molar-refractivity contribution in [2.75, 3.05) is 37.0 Å². The summed E-state index contributed by atoms with van der Waals surface area (Å²) in [6.45, 7) is 4.20. The molecule has 10 nitrogen and oxygen atoms in total. The second kappa shape index (κ2) is 9.61. The minimum Gasteiger partial charge on any atom is -0.497 e. The Hall–Kier alpha value is -4.34. The van der Waals surface area contributed by atoms with Crippen LogP contribution in [0.15, 0.2) is 48.8 Å². The fourth-order valence-electron chi connectivity index (χ4n) is 5.17. The first-order chi connectivity index (χ1) is 18.1. The van der Waals surface area contributed by atoms with Gasteiger partial charge < -0.3 is 29.6 Å². The Morgan fingerprint density at radius 3 is 2.68 bits per heavy atom. The van der Waals surface area contributed by atoms with Crippen molar-refractivity contribution in [3.8, 4) is 17.4 Å². The van der Waals surface area contributed by atoms with Crippen LogP contribution in [0, 0.1) is 6.92 Å². The quantitative estimate of drug-likeness (QED) is 0.416. The third-order valence-electron chi connectivity index (χ3n) is 7.09. The lowest BCUT2D eigenvalue weighted by Gasteiger charge is -2.38. The summed E-state index contributed by atoms with van der Waals surface area (Å²) in [5.74, 6) is 3.65. The number of benzene rings is 2. The Labute approximate surface area is 214 Å². The summed E-state index contributed by atoms with van der Waals surface area (Å²) >= 11 is 0. The Kier molecular flexibility index (Phi) is 5.99. The van der Waals surface area contributed by atoms with Crippen LogP contribution in [0.5, 0.6) is 17.4 Å². The summed E-state index contributed by atoms with van der Waals surface area (Å²) in [6, 6.07) is 13.5. The fourth-order valence-corrected chi connectivity index (χ4v) is 5.17. The van der Waals surface area contributed by atoms with Crippen LogP contribution >= 0.6 is 0 Å². The Balaban J connectivity index is 1.09. The molecule has 0 saturated carbocycles. The highest BCUT2D eigenvalue weighted by molar-refractivity contribution is 5.91. The van der Waals surface area contributed by atoms with E-state index in [-0.39, 0.29) is 12.1 Å². The van der Waals surface area contributed by atoms with Gasteiger partial charge in [0.1, 0.15) is 29.5 Å². The molecule has 37 heavy (non-hydrogen) atoms. The third kappa shape index (κ3) is 4.74. The van der Waals surface area contributed by atoms with E-state index in [9.17, 15) is 4.79 Å². The smallest absolute Gasteiger partial charge is 0.322 e. The van der Waals surface area contributed by atoms with Gasteiger partial charge >= 0.3 is 6.03 Å². The highest BCUT2D eigenvalue weighted by Crippen LogP contribution is 2.30. The van der Waals surface area contributed by atoms with E-state index in [0.29, 0.717) is 18.2 Å². The number of methoxy groups -OCH3 is 1. The lowest BCUT2D eigenvalue weighted by atomic mass is 10.0. The lowest BCUT2D eigenvalue weighted by molar-refractivity contribution is 0.177. The average Bonchev–Trinajstić information content (AvgIpc) is 3.20. The summed E-state index contributed by atoms with van der Waals surface area (Å²) in [5, 5.41) is 3.08. The molecule has 190 valence electrons. The highest BCUT2D eigenvalue weighted by Gasteiger charge is 2.30. The molecule has 1 saturated heterocycles. The van der Waals surface area contributed by atoms with Crippen LogP contribution in [-0.4, -0.2) is 63.7 Å². The predicted octanol–water partition coefficient (Wildman–Crippen LogP) is 4.52. The van der Waals surface area contributed by atoms with E-state index in [4.69, 9.17) is 9.47 Å². The number of amides is 2. The van der Waals surface area contributed by atoms with Crippen LogP contribution in [0.3, 0.4) is 0 Å². The van der Waals surface area contributed by atoms with Gasteiger partial charge in [-0.25, -0.2) is 19.7 Å². The maximum Gasteiger partial charge on any atom is 0.322 e. The Morgan fingerprint density at radius 2 is 1.84 bits per heavy atom. The SMILES string of the molecule is COc1ccc2c(c1)CCN(C1CCN(c3cc(Oc4ccc5[nH]c(C)nc5c4)ncn3)CC1)C(=O)N2. The largest absolute Gasteiger partial charge is 0.497 e. The molecule has 4 aromatic rings. The number of hydrogen-bond donors (Lipinski definition) is 2. The van der Waals surface area contributed by atoms with E-state index < -0.39 is 0 Å². The molecule has 1 fully saturated rings. The van der Waals surface area contributed by atoms with Crippen molar-refractivity contribution in [1.29, 1.82) is 0 Å². The third-order valence-corrected chi connectivity index (χ3v) is 7.09. The van der Waals surface area contributed by atoms with Crippen molar-refractivity contribution in [3.63, 3.8) is 0 Å². The molecule has 2 aromatic carbocycles. The molecule has 6 rings (SSSR count). The number of aromatic amines is 1. The number of fused-ring (bicyclic) bond motifs is 2. The van der Waals surface area contributed by atoms with Crippen molar-refractivity contribution >= 4 is 28.6 Å². The minimum atomic E-state index is -0.0378. The molecule has 2 N–H and O–H groups in total. The molecule has 0 atom stereocenters. The van der Waals surface area contributed by atoms with Gasteiger partial charge in [0.15, 0.2) is 0 Å². The van der Waals surface area contributed by atoms with Crippen molar-refractivity contribution in [1.82, 2.24) is 24.8 Å². The minimum absolute atomic E-state index is 0.0378. The molecular weight excluding hydrogens is 470 g/mol. The summed E-state index contributed by atoms with van der Waals surface area (Å²) in [7, 11) is 1.66. The number of ether oxygens (including phenoxy) is 2. The van der Waals surface area contributed by atoms with Gasteiger partial charge in [-0.1, -0.05) is 0 Å². The second-order valence-electron chi connectivity index (χ2n) is 9.43. The van der Waals surface area contributed by atoms with Crippen molar-refractivity contribution in [2.45, 2.75) is 32.2 Å². The van der Waals surface area contributed by atoms with Gasteiger partial charge in [0.25, 0.3) is 0 Å². The first-order valence-corrected chi connectivity index (χ1v) is 12.5.